The Kier molecular flexibility index (Phi) is 4.13. The number of anilines is 1. The second kappa shape index (κ2) is 5.15. The van der Waals surface area contributed by atoms with Crippen LogP contribution in [0.5, 0.6) is 5.75 Å². The number of amides is 1. The van der Waals surface area contributed by atoms with Crippen LogP contribution in [0.15, 0.2) is 12.1 Å². The van der Waals surface area contributed by atoms with Crippen LogP contribution in [-0.4, -0.2) is 20.3 Å². The van der Waals surface area contributed by atoms with E-state index in [-0.39, 0.29) is 9.32 Å². The molecule has 82 valence electrons. The van der Waals surface area contributed by atoms with Gasteiger partial charge in [-0.15, -0.1) is 0 Å². The van der Waals surface area contributed by atoms with Gasteiger partial charge >= 0.3 is 6.09 Å². The number of benzene rings is 1. The van der Waals surface area contributed by atoms with Crippen molar-refractivity contribution < 1.29 is 18.7 Å². The molecule has 0 aliphatic carbocycles. The van der Waals surface area contributed by atoms with Gasteiger partial charge in [0.05, 0.1) is 23.5 Å². The molecule has 0 unspecified atom stereocenters. The number of carbonyl (C=O) groups is 1. The van der Waals surface area contributed by atoms with E-state index in [0.717, 1.165) is 0 Å². The Morgan fingerprint density at radius 3 is 2.67 bits per heavy atom. The minimum atomic E-state index is -0.641. The van der Waals surface area contributed by atoms with Crippen LogP contribution in [0.3, 0.4) is 0 Å². The van der Waals surface area contributed by atoms with Crippen molar-refractivity contribution in [3.63, 3.8) is 0 Å². The van der Waals surface area contributed by atoms with E-state index in [0.29, 0.717) is 5.69 Å². The van der Waals surface area contributed by atoms with Gasteiger partial charge in [0.1, 0.15) is 0 Å². The van der Waals surface area contributed by atoms with E-state index in [1.807, 2.05) is 0 Å². The minimum absolute atomic E-state index is 0.134. The largest absolute Gasteiger partial charge is 0.494 e. The van der Waals surface area contributed by atoms with Crippen molar-refractivity contribution >= 4 is 34.4 Å². The quantitative estimate of drug-likeness (QED) is 0.851. The summed E-state index contributed by atoms with van der Waals surface area (Å²) in [5, 5.41) is 2.39. The van der Waals surface area contributed by atoms with Gasteiger partial charge in [-0.3, -0.25) is 5.32 Å². The van der Waals surface area contributed by atoms with Crippen LogP contribution < -0.4 is 10.1 Å². The van der Waals surface area contributed by atoms with E-state index in [9.17, 15) is 9.18 Å². The molecule has 0 aliphatic heterocycles. The number of methoxy groups -OCH3 is 2. The Hall–Kier alpha value is -1.05. The summed E-state index contributed by atoms with van der Waals surface area (Å²) in [6.07, 6.45) is -0.641. The summed E-state index contributed by atoms with van der Waals surface area (Å²) >= 11 is 1.78. The molecule has 0 saturated heterocycles. The Morgan fingerprint density at radius 1 is 1.47 bits per heavy atom. The lowest BCUT2D eigenvalue weighted by Crippen LogP contribution is -2.12. The molecule has 15 heavy (non-hydrogen) atoms. The number of hydrogen-bond donors (Lipinski definition) is 1. The monoisotopic (exact) mass is 325 g/mol. The van der Waals surface area contributed by atoms with Gasteiger partial charge in [0.2, 0.25) is 0 Å². The summed E-state index contributed by atoms with van der Waals surface area (Å²) in [6, 6.07) is 2.98. The van der Waals surface area contributed by atoms with E-state index in [1.165, 1.54) is 20.3 Å². The molecule has 0 spiro atoms. The first-order chi connectivity index (χ1) is 7.10. The molecule has 1 aromatic carbocycles. The molecule has 0 aromatic heterocycles. The van der Waals surface area contributed by atoms with Crippen LogP contribution in [0.2, 0.25) is 0 Å². The molecular weight excluding hydrogens is 316 g/mol. The van der Waals surface area contributed by atoms with E-state index < -0.39 is 11.9 Å². The molecule has 0 atom stereocenters. The number of hydrogen-bond acceptors (Lipinski definition) is 3. The molecule has 0 radical (unpaired) electrons. The topological polar surface area (TPSA) is 47.6 Å². The fraction of sp³-hybridized carbons (Fsp3) is 0.222. The summed E-state index contributed by atoms with van der Waals surface area (Å²) in [5.74, 6) is -0.373. The Bertz CT molecular complexity index is 384. The van der Waals surface area contributed by atoms with Crippen LogP contribution in [0.4, 0.5) is 14.9 Å². The van der Waals surface area contributed by atoms with Crippen molar-refractivity contribution in [2.24, 2.45) is 0 Å². The Balaban J connectivity index is 3.01. The molecule has 4 nitrogen and oxygen atoms in total. The molecule has 0 aliphatic rings. The molecular formula is C9H9FINO3. The predicted molar refractivity (Wildman–Crippen MR) is 61.7 cm³/mol. The van der Waals surface area contributed by atoms with Gasteiger partial charge in [-0.25, -0.2) is 9.18 Å². The minimum Gasteiger partial charge on any atom is -0.494 e. The first-order valence-electron chi connectivity index (χ1n) is 3.97. The number of rotatable bonds is 2. The highest BCUT2D eigenvalue weighted by molar-refractivity contribution is 14.1. The van der Waals surface area contributed by atoms with E-state index >= 15 is 0 Å². The van der Waals surface area contributed by atoms with Crippen LogP contribution in [0.25, 0.3) is 0 Å². The van der Waals surface area contributed by atoms with Gasteiger partial charge in [-0.1, -0.05) is 0 Å². The van der Waals surface area contributed by atoms with Crippen molar-refractivity contribution in [1.82, 2.24) is 0 Å². The highest BCUT2D eigenvalue weighted by Gasteiger charge is 2.13. The Labute approximate surface area is 99.9 Å². The molecule has 1 N–H and O–H groups in total. The van der Waals surface area contributed by atoms with Crippen molar-refractivity contribution in [2.75, 3.05) is 19.5 Å². The van der Waals surface area contributed by atoms with E-state index in [2.05, 4.69) is 10.1 Å². The SMILES string of the molecule is COC(=O)Nc1ccc(OC)c(F)c1I. The first kappa shape index (κ1) is 12.0. The highest BCUT2D eigenvalue weighted by Crippen LogP contribution is 2.28. The molecule has 6 heteroatoms. The van der Waals surface area contributed by atoms with Crippen molar-refractivity contribution in [2.45, 2.75) is 0 Å². The molecule has 0 bridgehead atoms. The standard InChI is InChI=1S/C9H9FINO3/c1-14-6-4-3-5(8(11)7(6)10)12-9(13)15-2/h3-4H,1-2H3,(H,12,13). The van der Waals surface area contributed by atoms with E-state index in [4.69, 9.17) is 4.74 Å². The number of carbonyl (C=O) groups excluding carboxylic acids is 1. The molecule has 1 aromatic rings. The normalized spacial score (nSPS) is 9.60. The van der Waals surface area contributed by atoms with Crippen molar-refractivity contribution in [3.05, 3.63) is 21.5 Å². The summed E-state index contributed by atoms with van der Waals surface area (Å²) in [5.41, 5.74) is 0.348. The lowest BCUT2D eigenvalue weighted by molar-refractivity contribution is 0.187. The highest BCUT2D eigenvalue weighted by atomic mass is 127. The average molecular weight is 325 g/mol. The third-order valence-corrected chi connectivity index (χ3v) is 2.74. The third-order valence-electron chi connectivity index (χ3n) is 1.69. The first-order valence-corrected chi connectivity index (χ1v) is 5.05. The fourth-order valence-corrected chi connectivity index (χ4v) is 1.53. The second-order valence-corrected chi connectivity index (χ2v) is 3.64. The maximum atomic E-state index is 13.5. The van der Waals surface area contributed by atoms with Gasteiger partial charge in [0.25, 0.3) is 0 Å². The van der Waals surface area contributed by atoms with Crippen LogP contribution >= 0.6 is 22.6 Å². The molecule has 0 heterocycles. The molecule has 0 fully saturated rings. The van der Waals surface area contributed by atoms with Crippen LogP contribution in [-0.2, 0) is 4.74 Å². The van der Waals surface area contributed by atoms with Crippen molar-refractivity contribution in [1.29, 1.82) is 0 Å². The van der Waals surface area contributed by atoms with Crippen molar-refractivity contribution in [3.8, 4) is 5.75 Å². The molecule has 0 saturated carbocycles. The summed E-state index contributed by atoms with van der Waals surface area (Å²) in [6.45, 7) is 0. The van der Waals surface area contributed by atoms with Gasteiger partial charge in [-0.2, -0.15) is 0 Å². The lowest BCUT2D eigenvalue weighted by Gasteiger charge is -2.09. The zero-order chi connectivity index (χ0) is 11.4. The van der Waals surface area contributed by atoms with E-state index in [1.54, 1.807) is 28.7 Å². The summed E-state index contributed by atoms with van der Waals surface area (Å²) in [4.78, 5) is 10.9. The van der Waals surface area contributed by atoms with Gasteiger partial charge in [0.15, 0.2) is 11.6 Å². The smallest absolute Gasteiger partial charge is 0.411 e. The summed E-state index contributed by atoms with van der Waals surface area (Å²) < 4.78 is 23.0. The number of halogens is 2. The fourth-order valence-electron chi connectivity index (χ4n) is 0.947. The second-order valence-electron chi connectivity index (χ2n) is 2.56. The zero-order valence-electron chi connectivity index (χ0n) is 8.14. The average Bonchev–Trinajstić information content (AvgIpc) is 2.25. The zero-order valence-corrected chi connectivity index (χ0v) is 10.3. The number of ether oxygens (including phenoxy) is 2. The maximum absolute atomic E-state index is 13.5. The number of nitrogens with one attached hydrogen (secondary N) is 1. The van der Waals surface area contributed by atoms with Crippen LogP contribution in [0, 0.1) is 9.39 Å². The lowest BCUT2D eigenvalue weighted by atomic mass is 10.3. The molecule has 1 amide bonds. The third kappa shape index (κ3) is 2.71. The maximum Gasteiger partial charge on any atom is 0.411 e. The van der Waals surface area contributed by atoms with Crippen LogP contribution in [0.1, 0.15) is 0 Å². The summed E-state index contributed by atoms with van der Waals surface area (Å²) in [7, 11) is 2.62. The Morgan fingerprint density at radius 2 is 2.13 bits per heavy atom. The van der Waals surface area contributed by atoms with Gasteiger partial charge < -0.3 is 9.47 Å². The van der Waals surface area contributed by atoms with Gasteiger partial charge in [0, 0.05) is 0 Å². The predicted octanol–water partition coefficient (Wildman–Crippen LogP) is 2.62. The van der Waals surface area contributed by atoms with Gasteiger partial charge in [-0.05, 0) is 34.7 Å². The molecule has 1 rings (SSSR count).